The molecule has 0 atom stereocenters. The van der Waals surface area contributed by atoms with Crippen molar-refractivity contribution in [1.82, 2.24) is 9.78 Å². The molecule has 0 aliphatic carbocycles. The number of esters is 1. The summed E-state index contributed by atoms with van der Waals surface area (Å²) >= 11 is 0. The van der Waals surface area contributed by atoms with Crippen LogP contribution >= 0.6 is 0 Å². The normalized spacial score (nSPS) is 10.7. The monoisotopic (exact) mass is 372 g/mol. The lowest BCUT2D eigenvalue weighted by Crippen LogP contribution is -2.04. The van der Waals surface area contributed by atoms with Crippen LogP contribution in [0.2, 0.25) is 0 Å². The third-order valence-corrected chi connectivity index (χ3v) is 3.81. The number of halogens is 1. The number of ether oxygens (including phenoxy) is 1. The molecule has 0 bridgehead atoms. The van der Waals surface area contributed by atoms with Crippen LogP contribution < -0.4 is 0 Å². The summed E-state index contributed by atoms with van der Waals surface area (Å²) in [6, 6.07) is 4.01. The second kappa shape index (κ2) is 8.71. The number of rotatable bonds is 7. The van der Waals surface area contributed by atoms with Gasteiger partial charge in [0.1, 0.15) is 11.9 Å². The smallest absolute Gasteiger partial charge is 0.330 e. The number of nitrogens with zero attached hydrogens (tertiary/aromatic N) is 4. The highest BCUT2D eigenvalue weighted by atomic mass is 19.1. The van der Waals surface area contributed by atoms with Crippen molar-refractivity contribution in [2.24, 2.45) is 7.05 Å². The number of aryl methyl sites for hydroxylation is 1. The second-order valence-electron chi connectivity index (χ2n) is 5.60. The van der Waals surface area contributed by atoms with Crippen molar-refractivity contribution in [3.63, 3.8) is 0 Å². The highest BCUT2D eigenvalue weighted by Gasteiger charge is 2.25. The molecule has 0 aliphatic rings. The summed E-state index contributed by atoms with van der Waals surface area (Å²) in [5, 5.41) is 24.8. The minimum Gasteiger partial charge on any atom is -0.463 e. The number of unbranched alkanes of at least 4 members (excludes halogenated alkanes) is 1. The summed E-state index contributed by atoms with van der Waals surface area (Å²) in [6.07, 6.45) is 5.03. The van der Waals surface area contributed by atoms with E-state index in [1.165, 1.54) is 16.9 Å². The predicted molar refractivity (Wildman–Crippen MR) is 94.9 cm³/mol. The Morgan fingerprint density at radius 2 is 2.30 bits per heavy atom. The van der Waals surface area contributed by atoms with E-state index < -0.39 is 22.4 Å². The third-order valence-electron chi connectivity index (χ3n) is 3.81. The van der Waals surface area contributed by atoms with Crippen LogP contribution in [0.15, 0.2) is 24.4 Å². The lowest BCUT2D eigenvalue weighted by atomic mass is 9.96. The largest absolute Gasteiger partial charge is 0.463 e. The molecule has 0 saturated carbocycles. The molecule has 0 fully saturated rings. The van der Waals surface area contributed by atoms with Gasteiger partial charge in [0.15, 0.2) is 0 Å². The minimum absolute atomic E-state index is 0.123. The molecule has 1 aromatic heterocycles. The third kappa shape index (κ3) is 4.36. The number of hydrogen-bond donors (Lipinski definition) is 0. The highest BCUT2D eigenvalue weighted by Crippen LogP contribution is 2.35. The Labute approximate surface area is 154 Å². The lowest BCUT2D eigenvalue weighted by Gasteiger charge is -2.10. The zero-order chi connectivity index (χ0) is 20.0. The Kier molecular flexibility index (Phi) is 6.38. The number of hydrogen-bond acceptors (Lipinski definition) is 6. The summed E-state index contributed by atoms with van der Waals surface area (Å²) < 4.78 is 20.9. The topological polar surface area (TPSA) is 111 Å². The van der Waals surface area contributed by atoms with E-state index in [1.54, 1.807) is 13.1 Å². The molecule has 27 heavy (non-hydrogen) atoms. The van der Waals surface area contributed by atoms with Crippen LogP contribution in [-0.4, -0.2) is 27.3 Å². The Balaban J connectivity index is 2.58. The van der Waals surface area contributed by atoms with Gasteiger partial charge in [0.2, 0.25) is 0 Å². The average molecular weight is 372 g/mol. The molecule has 0 radical (unpaired) electrons. The van der Waals surface area contributed by atoms with Crippen molar-refractivity contribution in [1.29, 1.82) is 5.26 Å². The Morgan fingerprint density at radius 1 is 1.56 bits per heavy atom. The summed E-state index contributed by atoms with van der Waals surface area (Å²) in [7, 11) is 1.55. The summed E-state index contributed by atoms with van der Waals surface area (Å²) in [5.41, 5.74) is -0.899. The van der Waals surface area contributed by atoms with E-state index in [-0.39, 0.29) is 29.0 Å². The van der Waals surface area contributed by atoms with E-state index in [0.717, 1.165) is 24.6 Å². The van der Waals surface area contributed by atoms with Crippen molar-refractivity contribution >= 4 is 17.7 Å². The maximum absolute atomic E-state index is 14.6. The zero-order valence-electron chi connectivity index (χ0n) is 14.8. The maximum atomic E-state index is 14.6. The van der Waals surface area contributed by atoms with Crippen LogP contribution in [0.3, 0.4) is 0 Å². The van der Waals surface area contributed by atoms with E-state index in [9.17, 15) is 24.6 Å². The van der Waals surface area contributed by atoms with E-state index in [1.807, 2.05) is 6.92 Å². The Morgan fingerprint density at radius 3 is 2.85 bits per heavy atom. The number of nitro groups is 1. The Hall–Kier alpha value is -3.54. The van der Waals surface area contributed by atoms with Gasteiger partial charge in [0.25, 0.3) is 5.69 Å². The average Bonchev–Trinajstić information content (AvgIpc) is 3.05. The number of carbonyl (C=O) groups excluding carboxylic acids is 1. The Bertz CT molecular complexity index is 944. The van der Waals surface area contributed by atoms with Gasteiger partial charge in [0, 0.05) is 19.3 Å². The predicted octanol–water partition coefficient (Wildman–Crippen LogP) is 3.36. The van der Waals surface area contributed by atoms with Gasteiger partial charge in [-0.2, -0.15) is 10.4 Å². The molecule has 1 heterocycles. The fourth-order valence-electron chi connectivity index (χ4n) is 2.47. The van der Waals surface area contributed by atoms with E-state index in [2.05, 4.69) is 5.10 Å². The molecule has 0 amide bonds. The molecule has 0 unspecified atom stereocenters. The molecule has 0 spiro atoms. The highest BCUT2D eigenvalue weighted by molar-refractivity contribution is 5.90. The van der Waals surface area contributed by atoms with Crippen LogP contribution in [0.25, 0.3) is 17.3 Å². The van der Waals surface area contributed by atoms with Crippen molar-refractivity contribution < 1.29 is 18.8 Å². The van der Waals surface area contributed by atoms with Crippen LogP contribution in [-0.2, 0) is 16.6 Å². The SMILES string of the molecule is CCCCOC(=O)/C=C/c1c([N+](=O)[O-])cc(F)c(-c2ccnn2C)c1C#N. The molecular weight excluding hydrogens is 355 g/mol. The first kappa shape index (κ1) is 19.8. The first-order chi connectivity index (χ1) is 12.9. The maximum Gasteiger partial charge on any atom is 0.330 e. The van der Waals surface area contributed by atoms with Gasteiger partial charge in [-0.25, -0.2) is 9.18 Å². The molecular formula is C18H17FN4O4. The summed E-state index contributed by atoms with van der Waals surface area (Å²) in [4.78, 5) is 22.3. The molecule has 8 nitrogen and oxygen atoms in total. The molecule has 9 heteroatoms. The van der Waals surface area contributed by atoms with Gasteiger partial charge < -0.3 is 4.74 Å². The second-order valence-corrected chi connectivity index (χ2v) is 5.60. The van der Waals surface area contributed by atoms with Crippen LogP contribution in [0.1, 0.15) is 30.9 Å². The van der Waals surface area contributed by atoms with Gasteiger partial charge in [-0.1, -0.05) is 13.3 Å². The minimum atomic E-state index is -0.926. The van der Waals surface area contributed by atoms with Crippen molar-refractivity contribution in [3.05, 3.63) is 51.5 Å². The van der Waals surface area contributed by atoms with Crippen molar-refractivity contribution in [2.75, 3.05) is 6.61 Å². The molecule has 0 saturated heterocycles. The van der Waals surface area contributed by atoms with E-state index >= 15 is 0 Å². The fourth-order valence-corrected chi connectivity index (χ4v) is 2.47. The molecule has 1 aromatic carbocycles. The molecule has 140 valence electrons. The lowest BCUT2D eigenvalue weighted by molar-refractivity contribution is -0.385. The van der Waals surface area contributed by atoms with E-state index in [0.29, 0.717) is 6.42 Å². The summed E-state index contributed by atoms with van der Waals surface area (Å²) in [6.45, 7) is 2.15. The fraction of sp³-hybridized carbons (Fsp3) is 0.278. The van der Waals surface area contributed by atoms with Crippen molar-refractivity contribution in [3.8, 4) is 17.3 Å². The number of benzene rings is 1. The number of aromatic nitrogens is 2. The summed E-state index contributed by atoms with van der Waals surface area (Å²) in [5.74, 6) is -1.63. The van der Waals surface area contributed by atoms with Gasteiger partial charge >= 0.3 is 5.97 Å². The van der Waals surface area contributed by atoms with Crippen LogP contribution in [0, 0.1) is 27.3 Å². The van der Waals surface area contributed by atoms with Crippen LogP contribution in [0.5, 0.6) is 0 Å². The van der Waals surface area contributed by atoms with Crippen LogP contribution in [0.4, 0.5) is 10.1 Å². The number of nitro benzene ring substituents is 1. The van der Waals surface area contributed by atoms with Crippen molar-refractivity contribution in [2.45, 2.75) is 19.8 Å². The number of nitriles is 1. The quantitative estimate of drug-likeness (QED) is 0.242. The van der Waals surface area contributed by atoms with E-state index in [4.69, 9.17) is 4.74 Å². The first-order valence-electron chi connectivity index (χ1n) is 8.14. The molecule has 2 rings (SSSR count). The van der Waals surface area contributed by atoms with Gasteiger partial charge in [-0.15, -0.1) is 0 Å². The zero-order valence-corrected chi connectivity index (χ0v) is 14.8. The van der Waals surface area contributed by atoms with Gasteiger partial charge in [0.05, 0.1) is 40.0 Å². The molecule has 0 N–H and O–H groups in total. The number of carbonyl (C=O) groups is 1. The first-order valence-corrected chi connectivity index (χ1v) is 8.14. The van der Waals surface area contributed by atoms with Gasteiger partial charge in [-0.3, -0.25) is 14.8 Å². The van der Waals surface area contributed by atoms with Gasteiger partial charge in [-0.05, 0) is 18.6 Å². The molecule has 0 aliphatic heterocycles. The molecule has 2 aromatic rings. The standard InChI is InChI=1S/C18H17FN4O4/c1-3-4-9-27-17(24)6-5-12-13(11-20)18(15-7-8-21-22(15)2)14(19)10-16(12)23(25)26/h5-8,10H,3-4,9H2,1-2H3/b6-5+.